The van der Waals surface area contributed by atoms with Crippen molar-refractivity contribution in [2.75, 3.05) is 13.2 Å². The number of aromatic nitrogens is 2. The molecule has 1 amide bonds. The summed E-state index contributed by atoms with van der Waals surface area (Å²) in [5.41, 5.74) is 0.916. The number of benzene rings is 2. The Morgan fingerprint density at radius 1 is 1.18 bits per heavy atom. The van der Waals surface area contributed by atoms with Crippen molar-refractivity contribution in [3.05, 3.63) is 102 Å². The van der Waals surface area contributed by atoms with Gasteiger partial charge in [-0.15, -0.1) is 0 Å². The summed E-state index contributed by atoms with van der Waals surface area (Å²) in [4.78, 5) is 30.5. The van der Waals surface area contributed by atoms with Gasteiger partial charge in [0, 0.05) is 23.6 Å². The van der Waals surface area contributed by atoms with Gasteiger partial charge in [0.2, 0.25) is 12.1 Å². The minimum absolute atomic E-state index is 0.0543. The average Bonchev–Trinajstić information content (AvgIpc) is 3.45. The Morgan fingerprint density at radius 3 is 2.56 bits per heavy atom. The normalized spacial score (nSPS) is 17.2. The van der Waals surface area contributed by atoms with Gasteiger partial charge in [-0.3, -0.25) is 14.6 Å². The number of carbonyl (C=O) groups excluding carboxylic acids is 2. The smallest absolute Gasteiger partial charge is 0.295 e. The van der Waals surface area contributed by atoms with E-state index >= 15 is 0 Å². The van der Waals surface area contributed by atoms with Crippen molar-refractivity contribution >= 4 is 29.1 Å². The summed E-state index contributed by atoms with van der Waals surface area (Å²) in [5, 5.41) is 14.0. The van der Waals surface area contributed by atoms with Crippen molar-refractivity contribution in [1.29, 1.82) is 0 Å². The zero-order valence-electron chi connectivity index (χ0n) is 18.4. The molecule has 1 fully saturated rings. The van der Waals surface area contributed by atoms with Crippen LogP contribution in [0, 0.1) is 0 Å². The van der Waals surface area contributed by atoms with Crippen LogP contribution in [0.3, 0.4) is 0 Å². The number of hydrogen-bond acceptors (Lipinski definition) is 4. The van der Waals surface area contributed by atoms with Crippen molar-refractivity contribution in [2.45, 2.75) is 19.0 Å². The van der Waals surface area contributed by atoms with E-state index in [1.165, 1.54) is 4.90 Å². The van der Waals surface area contributed by atoms with Crippen molar-refractivity contribution in [3.63, 3.8) is 0 Å². The van der Waals surface area contributed by atoms with Gasteiger partial charge in [-0.1, -0.05) is 54.3 Å². The lowest BCUT2D eigenvalue weighted by Gasteiger charge is -2.27. The molecule has 1 aliphatic heterocycles. The van der Waals surface area contributed by atoms with Gasteiger partial charge < -0.3 is 14.7 Å². The summed E-state index contributed by atoms with van der Waals surface area (Å²) >= 11 is 6.05. The Labute approximate surface area is 202 Å². The average molecular weight is 478 g/mol. The molecule has 3 aromatic rings. The molecule has 1 aromatic heterocycles. The minimum Gasteiger partial charge on any atom is -0.872 e. The van der Waals surface area contributed by atoms with Gasteiger partial charge in [0.05, 0.1) is 12.6 Å². The van der Waals surface area contributed by atoms with Crippen LogP contribution in [0.25, 0.3) is 5.76 Å². The highest BCUT2D eigenvalue weighted by Crippen LogP contribution is 2.39. The summed E-state index contributed by atoms with van der Waals surface area (Å²) in [5.74, 6) is -1.34. The highest BCUT2D eigenvalue weighted by atomic mass is 35.5. The van der Waals surface area contributed by atoms with E-state index in [1.54, 1.807) is 60.8 Å². The predicted octanol–water partition coefficient (Wildman–Crippen LogP) is 2.83. The lowest BCUT2D eigenvalue weighted by atomic mass is 9.95. The summed E-state index contributed by atoms with van der Waals surface area (Å²) in [6.45, 7) is 4.92. The molecule has 8 heteroatoms. The molecule has 1 saturated heterocycles. The third-order valence-corrected chi connectivity index (χ3v) is 5.87. The van der Waals surface area contributed by atoms with Gasteiger partial charge in [0.1, 0.15) is 24.8 Å². The first-order chi connectivity index (χ1) is 16.5. The molecule has 0 spiro atoms. The Kier molecular flexibility index (Phi) is 7.13. The zero-order valence-corrected chi connectivity index (χ0v) is 19.2. The zero-order chi connectivity index (χ0) is 24.1. The van der Waals surface area contributed by atoms with Gasteiger partial charge in [0.15, 0.2) is 0 Å². The molecule has 0 radical (unpaired) electrons. The number of nitrogens with one attached hydrogen (secondary N) is 1. The third-order valence-electron chi connectivity index (χ3n) is 5.62. The lowest BCUT2D eigenvalue weighted by molar-refractivity contribution is -0.695. The quantitative estimate of drug-likeness (QED) is 0.169. The molecule has 174 valence electrons. The maximum Gasteiger partial charge on any atom is 0.295 e. The molecule has 0 saturated carbocycles. The first-order valence-corrected chi connectivity index (χ1v) is 11.3. The highest BCUT2D eigenvalue weighted by Gasteiger charge is 2.43. The van der Waals surface area contributed by atoms with Crippen molar-refractivity contribution in [3.8, 4) is 5.75 Å². The van der Waals surface area contributed by atoms with E-state index in [-0.39, 0.29) is 5.57 Å². The van der Waals surface area contributed by atoms with E-state index in [0.29, 0.717) is 48.0 Å². The second-order valence-electron chi connectivity index (χ2n) is 7.85. The summed E-state index contributed by atoms with van der Waals surface area (Å²) in [6, 6.07) is 12.6. The standard InChI is InChI=1S/C26H24ClN3O4/c1-2-16-34-21-10-6-19(7-11-21)24(31)22-23(18-4-8-20(27)9-5-18)30(26(33)25(22)32)14-3-13-29-15-12-28-17-29/h2,4-12,15,17,23H,1,3,13-14,16H2,(H,31,32). The van der Waals surface area contributed by atoms with Crippen molar-refractivity contribution in [1.82, 2.24) is 9.88 Å². The van der Waals surface area contributed by atoms with E-state index in [1.807, 2.05) is 17.1 Å². The molecule has 1 N–H and O–H groups in total. The largest absolute Gasteiger partial charge is 0.872 e. The number of Topliss-reactive ketones (excluding diaryl/α,β-unsaturated/α-hetero) is 1. The Hall–Kier alpha value is -3.84. The van der Waals surface area contributed by atoms with Crippen LogP contribution in [0.1, 0.15) is 23.6 Å². The number of ether oxygens (including phenoxy) is 1. The van der Waals surface area contributed by atoms with Crippen LogP contribution in [-0.2, 0) is 16.1 Å². The van der Waals surface area contributed by atoms with Crippen LogP contribution in [0.15, 0.2) is 85.5 Å². The number of hydrogen-bond donors (Lipinski definition) is 1. The first kappa shape index (κ1) is 23.3. The van der Waals surface area contributed by atoms with Gasteiger partial charge in [-0.25, -0.2) is 4.57 Å². The molecule has 7 nitrogen and oxygen atoms in total. The molecular weight excluding hydrogens is 454 g/mol. The van der Waals surface area contributed by atoms with Crippen LogP contribution < -0.4 is 14.4 Å². The van der Waals surface area contributed by atoms with E-state index < -0.39 is 23.5 Å². The third kappa shape index (κ3) is 4.89. The molecule has 1 aliphatic rings. The van der Waals surface area contributed by atoms with E-state index in [9.17, 15) is 14.7 Å². The maximum absolute atomic E-state index is 13.5. The molecule has 4 rings (SSSR count). The fourth-order valence-corrected chi connectivity index (χ4v) is 4.11. The monoisotopic (exact) mass is 477 g/mol. The predicted molar refractivity (Wildman–Crippen MR) is 126 cm³/mol. The summed E-state index contributed by atoms with van der Waals surface area (Å²) in [7, 11) is 0. The SMILES string of the molecule is C=CCOc1ccc(C([O-])=C2C(=O)C(=O)N(CCC[n+]3cc[nH]c3)C2c2ccc(Cl)cc2)cc1. The fourth-order valence-electron chi connectivity index (χ4n) is 3.99. The molecule has 0 bridgehead atoms. The number of carbonyl (C=O) groups is 2. The second-order valence-corrected chi connectivity index (χ2v) is 8.29. The number of likely N-dealkylation sites (tertiary alicyclic amines) is 1. The molecule has 2 heterocycles. The van der Waals surface area contributed by atoms with Crippen LogP contribution in [0.5, 0.6) is 5.75 Å². The van der Waals surface area contributed by atoms with Gasteiger partial charge in [-0.2, -0.15) is 0 Å². The number of imidazole rings is 1. The minimum atomic E-state index is -0.780. The van der Waals surface area contributed by atoms with Crippen molar-refractivity contribution in [2.24, 2.45) is 0 Å². The molecule has 1 atom stereocenters. The van der Waals surface area contributed by atoms with E-state index in [2.05, 4.69) is 11.6 Å². The first-order valence-electron chi connectivity index (χ1n) is 10.9. The highest BCUT2D eigenvalue weighted by molar-refractivity contribution is 6.46. The summed E-state index contributed by atoms with van der Waals surface area (Å²) in [6.07, 6.45) is 7.74. The van der Waals surface area contributed by atoms with Crippen LogP contribution in [-0.4, -0.2) is 34.7 Å². The van der Waals surface area contributed by atoms with Gasteiger partial charge in [-0.05, 0) is 35.4 Å². The fraction of sp³-hybridized carbons (Fsp3) is 0.192. The van der Waals surface area contributed by atoms with Crippen LogP contribution in [0.4, 0.5) is 0 Å². The van der Waals surface area contributed by atoms with Gasteiger partial charge in [0.25, 0.3) is 5.91 Å². The molecule has 2 aromatic carbocycles. The van der Waals surface area contributed by atoms with Crippen LogP contribution in [0.2, 0.25) is 5.02 Å². The summed E-state index contributed by atoms with van der Waals surface area (Å²) < 4.78 is 7.41. The number of rotatable bonds is 9. The number of aryl methyl sites for hydroxylation is 1. The second kappa shape index (κ2) is 10.4. The Balaban J connectivity index is 1.68. The van der Waals surface area contributed by atoms with Crippen LogP contribution >= 0.6 is 11.6 Å². The number of ketones is 1. The topological polar surface area (TPSA) is 89.3 Å². The van der Waals surface area contributed by atoms with E-state index in [0.717, 1.165) is 0 Å². The lowest BCUT2D eigenvalue weighted by Crippen LogP contribution is -2.36. The molecular formula is C26H24ClN3O4. The molecule has 34 heavy (non-hydrogen) atoms. The molecule has 1 unspecified atom stereocenters. The van der Waals surface area contributed by atoms with E-state index in [4.69, 9.17) is 16.3 Å². The number of H-pyrrole nitrogens is 1. The molecule has 0 aliphatic carbocycles. The number of aromatic amines is 1. The number of amides is 1. The van der Waals surface area contributed by atoms with Gasteiger partial charge >= 0.3 is 0 Å². The Bertz CT molecular complexity index is 1200. The maximum atomic E-state index is 13.5. The number of nitrogens with zero attached hydrogens (tertiary/aromatic N) is 2. The van der Waals surface area contributed by atoms with Crippen molar-refractivity contribution < 1.29 is 24.0 Å². The Morgan fingerprint density at radius 2 is 1.91 bits per heavy atom. The number of halogens is 1.